The standard InChI is InChI=1S/C16H23N3O/c1-2-19-16-6-4-3-5-14(16)15(17-19)11-18-9-7-13(12-20)8-10-18/h3-6,13,20H,2,7-12H2,1H3. The van der Waals surface area contributed by atoms with Crippen LogP contribution in [0.2, 0.25) is 0 Å². The van der Waals surface area contributed by atoms with Crippen LogP contribution >= 0.6 is 0 Å². The third kappa shape index (κ3) is 2.58. The molecule has 1 aliphatic heterocycles. The van der Waals surface area contributed by atoms with Gasteiger partial charge < -0.3 is 5.11 Å². The number of fused-ring (bicyclic) bond motifs is 1. The van der Waals surface area contributed by atoms with E-state index in [1.807, 2.05) is 0 Å². The maximum absolute atomic E-state index is 9.21. The molecule has 0 spiro atoms. The highest BCUT2D eigenvalue weighted by Gasteiger charge is 2.20. The number of hydrogen-bond acceptors (Lipinski definition) is 3. The second-order valence-electron chi connectivity index (χ2n) is 5.68. The SMILES string of the molecule is CCn1nc(CN2CCC(CO)CC2)c2ccccc21. The van der Waals surface area contributed by atoms with Gasteiger partial charge >= 0.3 is 0 Å². The molecule has 1 aliphatic rings. The molecule has 1 saturated heterocycles. The van der Waals surface area contributed by atoms with Gasteiger partial charge in [-0.3, -0.25) is 9.58 Å². The van der Waals surface area contributed by atoms with E-state index in [1.165, 1.54) is 16.6 Å². The van der Waals surface area contributed by atoms with Crippen molar-refractivity contribution in [1.29, 1.82) is 0 Å². The number of likely N-dealkylation sites (tertiary alicyclic amines) is 1. The van der Waals surface area contributed by atoms with Crippen molar-refractivity contribution in [2.24, 2.45) is 5.92 Å². The molecule has 1 aromatic heterocycles. The molecular weight excluding hydrogens is 250 g/mol. The van der Waals surface area contributed by atoms with E-state index in [1.54, 1.807) is 0 Å². The minimum Gasteiger partial charge on any atom is -0.396 e. The number of aliphatic hydroxyl groups is 1. The summed E-state index contributed by atoms with van der Waals surface area (Å²) in [7, 11) is 0. The molecule has 0 unspecified atom stereocenters. The summed E-state index contributed by atoms with van der Waals surface area (Å²) in [6, 6.07) is 8.48. The third-order valence-corrected chi connectivity index (χ3v) is 4.37. The molecule has 0 bridgehead atoms. The second kappa shape index (κ2) is 5.94. The maximum atomic E-state index is 9.21. The fourth-order valence-electron chi connectivity index (χ4n) is 3.09. The highest BCUT2D eigenvalue weighted by atomic mass is 16.3. The highest BCUT2D eigenvalue weighted by molar-refractivity contribution is 5.81. The van der Waals surface area contributed by atoms with Crippen molar-refractivity contribution in [2.75, 3.05) is 19.7 Å². The Hall–Kier alpha value is -1.39. The van der Waals surface area contributed by atoms with E-state index in [-0.39, 0.29) is 0 Å². The molecule has 108 valence electrons. The van der Waals surface area contributed by atoms with Gasteiger partial charge in [-0.05, 0) is 44.8 Å². The van der Waals surface area contributed by atoms with Crippen LogP contribution in [-0.2, 0) is 13.1 Å². The molecule has 1 N–H and O–H groups in total. The Kier molecular flexibility index (Phi) is 4.03. The minimum absolute atomic E-state index is 0.335. The van der Waals surface area contributed by atoms with Gasteiger partial charge in [0.15, 0.2) is 0 Å². The lowest BCUT2D eigenvalue weighted by molar-refractivity contribution is 0.126. The number of aliphatic hydroxyl groups excluding tert-OH is 1. The van der Waals surface area contributed by atoms with E-state index in [4.69, 9.17) is 5.10 Å². The third-order valence-electron chi connectivity index (χ3n) is 4.37. The normalized spacial score (nSPS) is 17.9. The summed E-state index contributed by atoms with van der Waals surface area (Å²) in [6.07, 6.45) is 2.20. The van der Waals surface area contributed by atoms with Crippen LogP contribution in [0.25, 0.3) is 10.9 Å². The lowest BCUT2D eigenvalue weighted by Crippen LogP contribution is -2.34. The number of rotatable bonds is 4. The predicted molar refractivity (Wildman–Crippen MR) is 80.5 cm³/mol. The van der Waals surface area contributed by atoms with Crippen LogP contribution in [0.1, 0.15) is 25.5 Å². The number of aryl methyl sites for hydroxylation is 1. The van der Waals surface area contributed by atoms with Crippen molar-refractivity contribution in [1.82, 2.24) is 14.7 Å². The zero-order valence-corrected chi connectivity index (χ0v) is 12.1. The molecule has 4 heteroatoms. The van der Waals surface area contributed by atoms with Gasteiger partial charge in [-0.1, -0.05) is 18.2 Å². The van der Waals surface area contributed by atoms with E-state index >= 15 is 0 Å². The van der Waals surface area contributed by atoms with Gasteiger partial charge in [0.2, 0.25) is 0 Å². The zero-order chi connectivity index (χ0) is 13.9. The van der Waals surface area contributed by atoms with Crippen molar-refractivity contribution in [3.8, 4) is 0 Å². The molecule has 20 heavy (non-hydrogen) atoms. The summed E-state index contributed by atoms with van der Waals surface area (Å²) in [5.74, 6) is 0.496. The first kappa shape index (κ1) is 13.6. The molecule has 1 fully saturated rings. The summed E-state index contributed by atoms with van der Waals surface area (Å²) in [6.45, 7) is 6.44. The van der Waals surface area contributed by atoms with Crippen molar-refractivity contribution >= 4 is 10.9 Å². The number of piperidine rings is 1. The molecule has 2 heterocycles. The molecule has 0 radical (unpaired) electrons. The molecule has 2 aromatic rings. The molecule has 0 amide bonds. The van der Waals surface area contributed by atoms with Crippen LogP contribution in [0, 0.1) is 5.92 Å². The number of aromatic nitrogens is 2. The van der Waals surface area contributed by atoms with Crippen LogP contribution in [0.3, 0.4) is 0 Å². The first-order valence-corrected chi connectivity index (χ1v) is 7.59. The molecule has 0 atom stereocenters. The lowest BCUT2D eigenvalue weighted by Gasteiger charge is -2.30. The summed E-state index contributed by atoms with van der Waals surface area (Å²) >= 11 is 0. The highest BCUT2D eigenvalue weighted by Crippen LogP contribution is 2.22. The average Bonchev–Trinajstić information content (AvgIpc) is 2.86. The Balaban J connectivity index is 1.78. The molecular formula is C16H23N3O. The van der Waals surface area contributed by atoms with E-state index in [2.05, 4.69) is 40.8 Å². The fourth-order valence-corrected chi connectivity index (χ4v) is 3.09. The Morgan fingerprint density at radius 3 is 2.70 bits per heavy atom. The van der Waals surface area contributed by atoms with Gasteiger partial charge in [0.1, 0.15) is 0 Å². The van der Waals surface area contributed by atoms with Crippen LogP contribution in [0.5, 0.6) is 0 Å². The Labute approximate surface area is 120 Å². The van der Waals surface area contributed by atoms with Crippen molar-refractivity contribution in [3.63, 3.8) is 0 Å². The van der Waals surface area contributed by atoms with Gasteiger partial charge in [-0.25, -0.2) is 0 Å². The monoisotopic (exact) mass is 273 g/mol. The summed E-state index contributed by atoms with van der Waals surface area (Å²) in [4.78, 5) is 2.46. The number of hydrogen-bond donors (Lipinski definition) is 1. The van der Waals surface area contributed by atoms with Crippen LogP contribution < -0.4 is 0 Å². The Morgan fingerprint density at radius 2 is 2.00 bits per heavy atom. The van der Waals surface area contributed by atoms with Crippen molar-refractivity contribution < 1.29 is 5.11 Å². The van der Waals surface area contributed by atoms with Crippen LogP contribution in [0.4, 0.5) is 0 Å². The maximum Gasteiger partial charge on any atom is 0.0843 e. The Morgan fingerprint density at radius 1 is 1.25 bits per heavy atom. The lowest BCUT2D eigenvalue weighted by atomic mass is 9.98. The predicted octanol–water partition coefficient (Wildman–Crippen LogP) is 2.26. The quantitative estimate of drug-likeness (QED) is 0.929. The number of benzene rings is 1. The molecule has 0 saturated carbocycles. The van der Waals surface area contributed by atoms with E-state index in [0.717, 1.165) is 39.0 Å². The second-order valence-corrected chi connectivity index (χ2v) is 5.68. The molecule has 3 rings (SSSR count). The van der Waals surface area contributed by atoms with E-state index < -0.39 is 0 Å². The molecule has 1 aromatic carbocycles. The summed E-state index contributed by atoms with van der Waals surface area (Å²) < 4.78 is 2.09. The van der Waals surface area contributed by atoms with Crippen LogP contribution in [0.15, 0.2) is 24.3 Å². The summed E-state index contributed by atoms with van der Waals surface area (Å²) in [5.41, 5.74) is 2.42. The van der Waals surface area contributed by atoms with Crippen LogP contribution in [-0.4, -0.2) is 39.5 Å². The van der Waals surface area contributed by atoms with Gasteiger partial charge in [0.25, 0.3) is 0 Å². The van der Waals surface area contributed by atoms with Crippen molar-refractivity contribution in [3.05, 3.63) is 30.0 Å². The van der Waals surface area contributed by atoms with E-state index in [0.29, 0.717) is 12.5 Å². The van der Waals surface area contributed by atoms with Gasteiger partial charge in [0, 0.05) is 25.1 Å². The number of nitrogens with zero attached hydrogens (tertiary/aromatic N) is 3. The minimum atomic E-state index is 0.335. The largest absolute Gasteiger partial charge is 0.396 e. The average molecular weight is 273 g/mol. The number of para-hydroxylation sites is 1. The molecule has 0 aliphatic carbocycles. The van der Waals surface area contributed by atoms with Gasteiger partial charge in [0.05, 0.1) is 11.2 Å². The fraction of sp³-hybridized carbons (Fsp3) is 0.562. The smallest absolute Gasteiger partial charge is 0.0843 e. The first-order valence-electron chi connectivity index (χ1n) is 7.59. The molecule has 4 nitrogen and oxygen atoms in total. The summed E-state index contributed by atoms with van der Waals surface area (Å²) in [5, 5.41) is 15.3. The van der Waals surface area contributed by atoms with E-state index in [9.17, 15) is 5.11 Å². The van der Waals surface area contributed by atoms with Crippen molar-refractivity contribution in [2.45, 2.75) is 32.9 Å². The first-order chi connectivity index (χ1) is 9.81. The topological polar surface area (TPSA) is 41.3 Å². The zero-order valence-electron chi connectivity index (χ0n) is 12.1. The Bertz CT molecular complexity index is 570. The van der Waals surface area contributed by atoms with Gasteiger partial charge in [-0.2, -0.15) is 5.10 Å². The van der Waals surface area contributed by atoms with Gasteiger partial charge in [-0.15, -0.1) is 0 Å².